The summed E-state index contributed by atoms with van der Waals surface area (Å²) in [5.74, 6) is 3.16. The van der Waals surface area contributed by atoms with Crippen LogP contribution < -0.4 is 0 Å². The summed E-state index contributed by atoms with van der Waals surface area (Å²) in [5, 5.41) is 1.95. The lowest BCUT2D eigenvalue weighted by molar-refractivity contribution is -0.000885. The molecule has 3 heteroatoms. The lowest BCUT2D eigenvalue weighted by Gasteiger charge is -2.52. The minimum absolute atomic E-state index is 0.574. The molecule has 5 atom stereocenters. The van der Waals surface area contributed by atoms with E-state index in [2.05, 4.69) is 67.0 Å². The zero-order chi connectivity index (χ0) is 27.8. The zero-order valence-corrected chi connectivity index (χ0v) is 26.9. The molecular weight excluding hydrogens is 504 g/mol. The van der Waals surface area contributed by atoms with Gasteiger partial charge < -0.3 is 0 Å². The number of thioether (sulfide) groups is 1. The van der Waals surface area contributed by atoms with Gasteiger partial charge >= 0.3 is 0 Å². The molecule has 3 saturated heterocycles. The van der Waals surface area contributed by atoms with Crippen LogP contribution in [0.1, 0.15) is 147 Å². The monoisotopic (exact) mass is 564 g/mol. The van der Waals surface area contributed by atoms with Crippen molar-refractivity contribution >= 4 is 22.7 Å². The summed E-state index contributed by atoms with van der Waals surface area (Å²) >= 11 is 2.26. The Morgan fingerprint density at radius 3 is 2.02 bits per heavy atom. The van der Waals surface area contributed by atoms with E-state index in [-0.39, 0.29) is 0 Å². The van der Waals surface area contributed by atoms with Gasteiger partial charge in [-0.2, -0.15) is 11.8 Å². The van der Waals surface area contributed by atoms with Crippen molar-refractivity contribution in [2.45, 2.75) is 147 Å². The fourth-order valence-electron chi connectivity index (χ4n) is 7.59. The number of rotatable bonds is 21. The quantitative estimate of drug-likeness (QED) is 0.140. The summed E-state index contributed by atoms with van der Waals surface area (Å²) in [6, 6.07) is 11.9. The average Bonchev–Trinajstić information content (AvgIpc) is 3.00. The van der Waals surface area contributed by atoms with E-state index >= 15 is 0 Å². The first-order valence-electron chi connectivity index (χ1n) is 17.5. The molecule has 3 aliphatic heterocycles. The number of piperidine rings is 3. The van der Waals surface area contributed by atoms with Crippen LogP contribution in [0.3, 0.4) is 0 Å². The Morgan fingerprint density at radius 2 is 1.43 bits per heavy atom. The highest BCUT2D eigenvalue weighted by molar-refractivity contribution is 7.99. The Morgan fingerprint density at radius 1 is 0.800 bits per heavy atom. The summed E-state index contributed by atoms with van der Waals surface area (Å²) in [6.45, 7) is 7.35. The Kier molecular flexibility index (Phi) is 14.7. The maximum Gasteiger partial charge on any atom is 0.0705 e. The van der Waals surface area contributed by atoms with Crippen LogP contribution in [0.5, 0.6) is 0 Å². The van der Waals surface area contributed by atoms with E-state index in [4.69, 9.17) is 4.98 Å². The molecule has 4 heterocycles. The van der Waals surface area contributed by atoms with E-state index in [1.54, 1.807) is 0 Å². The number of fused-ring (bicyclic) bond motifs is 4. The van der Waals surface area contributed by atoms with Crippen LogP contribution in [0.25, 0.3) is 10.9 Å². The lowest BCUT2D eigenvalue weighted by atomic mass is 9.73. The SMILES string of the molecule is CCCCCCCCCCCCCCCCCCS[C@@H](c1ccnc2ccccc12)[C@H]1C[C@@H]2CCN1C[C@@H]2CC. The van der Waals surface area contributed by atoms with E-state index in [1.807, 2.05) is 0 Å². The van der Waals surface area contributed by atoms with Crippen molar-refractivity contribution in [3.05, 3.63) is 42.1 Å². The molecule has 2 bridgehead atoms. The number of hydrogen-bond acceptors (Lipinski definition) is 3. The fraction of sp³-hybridized carbons (Fsp3) is 0.757. The largest absolute Gasteiger partial charge is 0.299 e. The number of hydrogen-bond donors (Lipinski definition) is 0. The third kappa shape index (κ3) is 9.75. The van der Waals surface area contributed by atoms with Crippen molar-refractivity contribution in [1.82, 2.24) is 9.88 Å². The van der Waals surface area contributed by atoms with Gasteiger partial charge in [0.2, 0.25) is 0 Å². The molecule has 40 heavy (non-hydrogen) atoms. The maximum atomic E-state index is 4.70. The van der Waals surface area contributed by atoms with Crippen LogP contribution >= 0.6 is 11.8 Å². The van der Waals surface area contributed by atoms with Gasteiger partial charge in [-0.3, -0.25) is 9.88 Å². The molecular formula is C37H60N2S. The first-order valence-corrected chi connectivity index (χ1v) is 18.6. The molecule has 3 fully saturated rings. The van der Waals surface area contributed by atoms with E-state index in [0.717, 1.165) is 17.4 Å². The molecule has 0 amide bonds. The second kappa shape index (κ2) is 18.5. The van der Waals surface area contributed by atoms with Crippen molar-refractivity contribution < 1.29 is 0 Å². The number of aromatic nitrogens is 1. The second-order valence-corrected chi connectivity index (χ2v) is 14.3. The number of para-hydroxylation sites is 1. The molecule has 0 N–H and O–H groups in total. The van der Waals surface area contributed by atoms with Crippen molar-refractivity contribution in [3.8, 4) is 0 Å². The highest BCUT2D eigenvalue weighted by Crippen LogP contribution is 2.47. The standard InChI is InChI=1S/C37H60N2S/c1-3-5-6-7-8-9-10-11-12-13-14-15-16-17-18-21-28-40-37(34-24-26-38-35-23-20-19-22-33(34)35)36-29-32-25-27-39(36)30-31(32)4-2/h19-20,22-24,26,31-32,36-37H,3-18,21,25,27-30H2,1-2H3/t31-,32-,36+,37-/m0/s1. The van der Waals surface area contributed by atoms with Crippen molar-refractivity contribution in [1.29, 1.82) is 0 Å². The van der Waals surface area contributed by atoms with Crippen molar-refractivity contribution in [2.75, 3.05) is 18.8 Å². The third-order valence-corrected chi connectivity index (χ3v) is 11.5. The minimum Gasteiger partial charge on any atom is -0.299 e. The molecule has 0 radical (unpaired) electrons. The van der Waals surface area contributed by atoms with E-state index in [0.29, 0.717) is 11.3 Å². The number of pyridine rings is 1. The molecule has 1 unspecified atom stereocenters. The molecule has 1 aromatic carbocycles. The minimum atomic E-state index is 0.574. The van der Waals surface area contributed by atoms with Crippen LogP contribution in [-0.2, 0) is 0 Å². The van der Waals surface area contributed by atoms with Crippen molar-refractivity contribution in [2.24, 2.45) is 11.8 Å². The molecule has 2 aromatic rings. The summed E-state index contributed by atoms with van der Waals surface area (Å²) in [5.41, 5.74) is 2.70. The second-order valence-electron chi connectivity index (χ2n) is 13.0. The highest BCUT2D eigenvalue weighted by Gasteiger charge is 2.43. The van der Waals surface area contributed by atoms with Gasteiger partial charge in [-0.15, -0.1) is 0 Å². The van der Waals surface area contributed by atoms with Crippen LogP contribution in [0.4, 0.5) is 0 Å². The van der Waals surface area contributed by atoms with Crippen molar-refractivity contribution in [3.63, 3.8) is 0 Å². The number of benzene rings is 1. The molecule has 2 nitrogen and oxygen atoms in total. The molecule has 224 valence electrons. The first kappa shape index (κ1) is 31.9. The van der Waals surface area contributed by atoms with Gasteiger partial charge in [0.15, 0.2) is 0 Å². The van der Waals surface area contributed by atoms with Crippen LogP contribution in [0.2, 0.25) is 0 Å². The van der Waals surface area contributed by atoms with Gasteiger partial charge in [0.25, 0.3) is 0 Å². The maximum absolute atomic E-state index is 4.70. The Balaban J connectivity index is 1.14. The predicted octanol–water partition coefficient (Wildman–Crippen LogP) is 11.4. The van der Waals surface area contributed by atoms with Gasteiger partial charge in [0, 0.05) is 29.4 Å². The molecule has 0 aliphatic carbocycles. The molecule has 5 rings (SSSR count). The van der Waals surface area contributed by atoms with E-state index < -0.39 is 0 Å². The van der Waals surface area contributed by atoms with Gasteiger partial charge in [0.05, 0.1) is 5.52 Å². The summed E-state index contributed by atoms with van der Waals surface area (Å²) in [6.07, 6.45) is 29.3. The number of unbranched alkanes of at least 4 members (excludes halogenated alkanes) is 15. The smallest absolute Gasteiger partial charge is 0.0705 e. The summed E-state index contributed by atoms with van der Waals surface area (Å²) in [4.78, 5) is 7.57. The summed E-state index contributed by atoms with van der Waals surface area (Å²) < 4.78 is 0. The van der Waals surface area contributed by atoms with Gasteiger partial charge in [-0.25, -0.2) is 0 Å². The predicted molar refractivity (Wildman–Crippen MR) is 178 cm³/mol. The molecule has 3 aliphatic rings. The Bertz CT molecular complexity index is 939. The fourth-order valence-corrected chi connectivity index (χ4v) is 9.11. The van der Waals surface area contributed by atoms with E-state index in [9.17, 15) is 0 Å². The lowest BCUT2D eigenvalue weighted by Crippen LogP contribution is -2.54. The first-order chi connectivity index (χ1) is 19.8. The molecule has 0 saturated carbocycles. The molecule has 1 aromatic heterocycles. The number of nitrogens with zero attached hydrogens (tertiary/aromatic N) is 2. The van der Waals surface area contributed by atoms with Gasteiger partial charge in [0.1, 0.15) is 0 Å². The molecule has 0 spiro atoms. The average molecular weight is 565 g/mol. The topological polar surface area (TPSA) is 16.1 Å². The normalized spacial score (nSPS) is 23.1. The van der Waals surface area contributed by atoms with Gasteiger partial charge in [-0.05, 0) is 61.1 Å². The zero-order valence-electron chi connectivity index (χ0n) is 26.1. The Hall–Kier alpha value is -1.06. The third-order valence-electron chi connectivity index (χ3n) is 10.1. The van der Waals surface area contributed by atoms with Crippen LogP contribution in [0.15, 0.2) is 36.5 Å². The van der Waals surface area contributed by atoms with E-state index in [1.165, 1.54) is 152 Å². The van der Waals surface area contributed by atoms with Crippen LogP contribution in [-0.4, -0.2) is 34.8 Å². The summed E-state index contributed by atoms with van der Waals surface area (Å²) in [7, 11) is 0. The van der Waals surface area contributed by atoms with Gasteiger partial charge in [-0.1, -0.05) is 135 Å². The highest BCUT2D eigenvalue weighted by atomic mass is 32.2. The van der Waals surface area contributed by atoms with Crippen LogP contribution in [0, 0.1) is 11.8 Å². The Labute approximate surface area is 251 Å².